The van der Waals surface area contributed by atoms with Crippen molar-refractivity contribution >= 4 is 163 Å². The Hall–Kier alpha value is -17.8. The van der Waals surface area contributed by atoms with E-state index >= 15 is 0 Å². The molecule has 0 aliphatic heterocycles. The van der Waals surface area contributed by atoms with Gasteiger partial charge >= 0.3 is 0 Å². The Morgan fingerprint density at radius 1 is 0.174 bits per heavy atom. The molecule has 0 N–H and O–H groups in total. The highest BCUT2D eigenvalue weighted by molar-refractivity contribution is 6.29. The third-order valence-corrected chi connectivity index (χ3v) is 26.3. The summed E-state index contributed by atoms with van der Waals surface area (Å²) >= 11 is 0. The van der Waals surface area contributed by atoms with E-state index in [2.05, 4.69) is 24.3 Å². The summed E-state index contributed by atoms with van der Waals surface area (Å²) in [5.74, 6) is 0. The number of rotatable bonds is 9. The zero-order valence-electron chi connectivity index (χ0n) is 115. The molecule has 28 aromatic rings. The Labute approximate surface area is 856 Å². The molecule has 0 spiro atoms. The van der Waals surface area contributed by atoms with Crippen molar-refractivity contribution in [3.63, 3.8) is 0 Å². The van der Waals surface area contributed by atoms with Crippen molar-refractivity contribution < 1.29 is 70.8 Å². The van der Waals surface area contributed by atoms with Crippen LogP contribution in [0.25, 0.3) is 274 Å². The minimum atomic E-state index is -1.54. The molecule has 3 nitrogen and oxygen atoms in total. The minimum absolute atomic E-state index is 0.0176. The third-order valence-electron chi connectivity index (χ3n) is 26.3. The highest BCUT2D eigenvalue weighted by atomic mass is 16.3. The van der Waals surface area contributed by atoms with Crippen LogP contribution in [0.15, 0.2) is 498 Å². The zero-order chi connectivity index (χ0) is 128. The van der Waals surface area contributed by atoms with Crippen molar-refractivity contribution in [2.75, 3.05) is 0 Å². The topological polar surface area (TPSA) is 39.4 Å². The van der Waals surface area contributed by atoms with Crippen LogP contribution in [-0.4, -0.2) is 0 Å². The van der Waals surface area contributed by atoms with E-state index in [0.29, 0.717) is 66.8 Å². The molecular formula is C135H86O3. The average Bonchev–Trinajstić information content (AvgIpc) is 1.34. The van der Waals surface area contributed by atoms with Gasteiger partial charge in [-0.1, -0.05) is 444 Å². The van der Waals surface area contributed by atoms with E-state index < -0.39 is 288 Å². The molecule has 0 bridgehead atoms. The molecule has 1 aliphatic carbocycles. The van der Waals surface area contributed by atoms with Gasteiger partial charge in [-0.2, -0.15) is 0 Å². The summed E-state index contributed by atoms with van der Waals surface area (Å²) in [4.78, 5) is 0. The highest BCUT2D eigenvalue weighted by Crippen LogP contribution is 2.55. The van der Waals surface area contributed by atoms with Crippen molar-refractivity contribution in [1.82, 2.24) is 0 Å². The first-order valence-corrected chi connectivity index (χ1v) is 44.3. The first kappa shape index (κ1) is 48.2. The Balaban J connectivity index is 0.000000129. The van der Waals surface area contributed by atoms with Gasteiger partial charge in [0.25, 0.3) is 0 Å². The molecule has 1 aliphatic rings. The molecule has 0 atom stereocenters. The Bertz CT molecular complexity index is 12400. The zero-order valence-corrected chi connectivity index (χ0v) is 72.7. The van der Waals surface area contributed by atoms with E-state index in [1.807, 2.05) is 182 Å². The maximum Gasteiger partial charge on any atom is 0.136 e. The van der Waals surface area contributed by atoms with E-state index in [9.17, 15) is 26.0 Å². The van der Waals surface area contributed by atoms with Gasteiger partial charge in [0.15, 0.2) is 0 Å². The van der Waals surface area contributed by atoms with Crippen LogP contribution in [0.2, 0.25) is 0 Å². The first-order valence-electron chi connectivity index (χ1n) is 65.3. The number of hydrogen-bond acceptors (Lipinski definition) is 3. The molecule has 0 amide bonds. The summed E-state index contributed by atoms with van der Waals surface area (Å²) in [5.41, 5.74) is 2.88. The molecular weight excluding hydrogens is 1670 g/mol. The molecule has 0 unspecified atom stereocenters. The van der Waals surface area contributed by atoms with Crippen molar-refractivity contribution in [1.29, 1.82) is 0 Å². The molecule has 0 radical (unpaired) electrons. The normalized spacial score (nSPS) is 16.6. The van der Waals surface area contributed by atoms with Gasteiger partial charge in [0, 0.05) is 37.7 Å². The van der Waals surface area contributed by atoms with Gasteiger partial charge < -0.3 is 13.3 Å². The van der Waals surface area contributed by atoms with E-state index in [0.717, 1.165) is 76.1 Å². The molecule has 25 aromatic carbocycles. The molecule has 0 saturated carbocycles. The molecule has 3 heterocycles. The smallest absolute Gasteiger partial charge is 0.136 e. The second-order valence-corrected chi connectivity index (χ2v) is 34.1. The van der Waals surface area contributed by atoms with Crippen LogP contribution >= 0.6 is 0 Å². The summed E-state index contributed by atoms with van der Waals surface area (Å²) in [6.45, 7) is 3.03. The largest absolute Gasteiger partial charge is 0.456 e. The van der Waals surface area contributed by atoms with Gasteiger partial charge in [0.1, 0.15) is 33.5 Å². The fourth-order valence-electron chi connectivity index (χ4n) is 20.2. The average molecular weight is 1800 g/mol. The van der Waals surface area contributed by atoms with Gasteiger partial charge in [-0.05, 0) is 274 Å². The van der Waals surface area contributed by atoms with E-state index in [4.69, 9.17) is 44.8 Å². The van der Waals surface area contributed by atoms with Crippen LogP contribution in [0.3, 0.4) is 0 Å². The molecule has 3 heteroatoms. The second-order valence-electron chi connectivity index (χ2n) is 34.1. The third kappa shape index (κ3) is 12.8. The van der Waals surface area contributed by atoms with E-state index in [1.54, 1.807) is 24.3 Å². The monoisotopic (exact) mass is 1800 g/mol. The van der Waals surface area contributed by atoms with Gasteiger partial charge in [0.2, 0.25) is 0 Å². The maximum atomic E-state index is 9.91. The lowest BCUT2D eigenvalue weighted by atomic mass is 9.80. The van der Waals surface area contributed by atoms with Crippen LogP contribution in [-0.2, 0) is 5.41 Å². The van der Waals surface area contributed by atoms with Crippen LogP contribution in [0.4, 0.5) is 0 Å². The molecule has 3 aromatic heterocycles. The molecule has 0 fully saturated rings. The van der Waals surface area contributed by atoms with E-state index in [-0.39, 0.29) is 114 Å². The predicted octanol–water partition coefficient (Wildman–Crippen LogP) is 38.4. The highest BCUT2D eigenvalue weighted by Gasteiger charge is 2.36. The van der Waals surface area contributed by atoms with Crippen molar-refractivity contribution in [2.24, 2.45) is 0 Å². The number of fused-ring (bicyclic) bond motifs is 21. The van der Waals surface area contributed by atoms with Gasteiger partial charge in [0.05, 0.1) is 57.6 Å². The standard InChI is InChI=1S/C47H32O.C46H28O.C42H26O/c1-47(2)40-19-9-7-12-33(40)34-27-26-31(28-41(34)47)45-37-15-5-3-13-35(37)44(36-14-4-6-16-38(36)45)30-24-22-29(23-25-30)32-18-11-21-43-46(32)39-17-8-10-20-42(39)48-43;1-2-14-31-29(12-1)13-11-22-32(31)35-25-26-41(34-16-4-3-15-33(34)35)46-39-20-7-5-18-37(39)45(38-19-6-8-21-40(38)46)30-24-27-44-42(28-30)36-17-9-10-23-43(36)47-44;1-2-12-27(13-3-1)29-23-24-37(31-15-5-4-14-30(29)31)42-35-19-8-6-17-33(35)41(34-18-7-9-20-36(34)42)28-22-25-40-38(26-28)32-16-10-11-21-39(32)43-40/h3-28H,1-2H3;1-28H;1-26H/i3D,4D,5D,6D,7D,8D,9D,10D,11D,12D,13D,14D,15D,16D,17D,18D,19D,20D,21D,22D,23D,24D,25D,26D,27D,28D;5D,6D,7D,8D,18D,19D,20D,21D;6D,7D,8D,9D,17D,18D,19D,20D. The quantitative estimate of drug-likeness (QED) is 0.135. The molecule has 644 valence electrons. The fourth-order valence-corrected chi connectivity index (χ4v) is 20.2. The van der Waals surface area contributed by atoms with Gasteiger partial charge in [-0.3, -0.25) is 0 Å². The van der Waals surface area contributed by atoms with Crippen LogP contribution in [0, 0.1) is 0 Å². The Morgan fingerprint density at radius 2 is 0.522 bits per heavy atom. The van der Waals surface area contributed by atoms with Crippen LogP contribution in [0.5, 0.6) is 0 Å². The Kier molecular flexibility index (Phi) is 11.3. The number of furan rings is 3. The summed E-state index contributed by atoms with van der Waals surface area (Å²) in [7, 11) is 0. The SMILES string of the molecule is [2H]c1c([2H])c([2H])c2c(-c3ccc(-c4cccc5ccccc45)c4ccccc34)c3c([2H])c([2H])c([2H])c([2H])c3c(-c3ccc4oc5ccccc5c4c3)c2c1[2H].[2H]c1c([2H])c([2H])c2c(-c3ccc(-c4ccccc4)c4ccccc34)c3c([2H])c([2H])c([2H])c([2H])c3c(-c3ccc4oc5ccccc5c4c3)c2c1[2H].[2H]c1c([2H])c([2H])c2c(c1[2H])-c1c([2H])c([2H])c(-c3c4c([2H])c([2H])c([2H])c([2H])c4c(-c4c([2H])c([2H])c(-c5c([2H])c([2H])c([2H])c6oc7c([2H])c([2H])c([2H])c([2H])c7c56)c([2H])c4[2H])c4c([2H])c([2H])c([2H])c([2H])c34)c([2H])c1C2(C)C. The number of benzene rings is 25. The maximum absolute atomic E-state index is 9.91. The van der Waals surface area contributed by atoms with Crippen LogP contribution < -0.4 is 0 Å². The summed E-state index contributed by atoms with van der Waals surface area (Å²) in [6, 6.07) is 46.4. The lowest BCUT2D eigenvalue weighted by molar-refractivity contribution is 0.660. The van der Waals surface area contributed by atoms with Crippen molar-refractivity contribution in [2.45, 2.75) is 19.3 Å². The summed E-state index contributed by atoms with van der Waals surface area (Å²) < 4.78 is 399. The minimum Gasteiger partial charge on any atom is -0.456 e. The fraction of sp³-hybridized carbons (Fsp3) is 0.0222. The Morgan fingerprint density at radius 3 is 1.05 bits per heavy atom. The molecule has 0 saturated heterocycles. The van der Waals surface area contributed by atoms with Gasteiger partial charge in [-0.25, -0.2) is 0 Å². The summed E-state index contributed by atoms with van der Waals surface area (Å²) in [6.07, 6.45) is 0. The first-order chi connectivity index (χ1) is 85.7. The second kappa shape index (κ2) is 32.3. The summed E-state index contributed by atoms with van der Waals surface area (Å²) in [5, 5.41) is 6.68. The number of para-hydroxylation sites is 3. The molecule has 29 rings (SSSR count). The lowest BCUT2D eigenvalue weighted by Gasteiger charge is -2.23. The number of hydrogen-bond donors (Lipinski definition) is 0. The van der Waals surface area contributed by atoms with Gasteiger partial charge in [-0.15, -0.1) is 0 Å². The lowest BCUT2D eigenvalue weighted by Crippen LogP contribution is -2.14. The van der Waals surface area contributed by atoms with Crippen LogP contribution in [0.1, 0.15) is 82.5 Å². The predicted molar refractivity (Wildman–Crippen MR) is 585 cm³/mol. The van der Waals surface area contributed by atoms with E-state index in [1.165, 1.54) is 13.8 Å². The van der Waals surface area contributed by atoms with Crippen molar-refractivity contribution in [3.05, 3.63) is 495 Å². The van der Waals surface area contributed by atoms with Crippen molar-refractivity contribution in [3.8, 4) is 111 Å². The molecule has 138 heavy (non-hydrogen) atoms.